The van der Waals surface area contributed by atoms with Gasteiger partial charge in [0.2, 0.25) is 12.3 Å². The van der Waals surface area contributed by atoms with Crippen LogP contribution in [0.3, 0.4) is 0 Å². The van der Waals surface area contributed by atoms with Gasteiger partial charge in [-0.1, -0.05) is 19.3 Å². The molecule has 1 aromatic rings. The number of amides is 2. The molecule has 0 saturated heterocycles. The smallest absolute Gasteiger partial charge is 0.250 e. The van der Waals surface area contributed by atoms with Crippen LogP contribution >= 0.6 is 0 Å². The Balaban J connectivity index is 2.09. The molecule has 0 heterocycles. The number of carbonyl (C=O) groups excluding carboxylic acids is 2. The van der Waals surface area contributed by atoms with Crippen LogP contribution in [0.15, 0.2) is 24.3 Å². The van der Waals surface area contributed by atoms with Gasteiger partial charge in [-0.15, -0.1) is 0 Å². The van der Waals surface area contributed by atoms with Gasteiger partial charge < -0.3 is 15.4 Å². The molecule has 1 aromatic carbocycles. The highest BCUT2D eigenvalue weighted by molar-refractivity contribution is 5.99. The molecular weight excluding hydrogens is 256 g/mol. The van der Waals surface area contributed by atoms with Crippen LogP contribution in [0.5, 0.6) is 5.75 Å². The highest BCUT2D eigenvalue weighted by Crippen LogP contribution is 2.29. The number of anilines is 1. The van der Waals surface area contributed by atoms with Crippen LogP contribution in [0.1, 0.15) is 32.1 Å². The number of nitrogens with one attached hydrogen (secondary N) is 2. The molecule has 0 spiro atoms. The average Bonchev–Trinajstić information content (AvgIpc) is 2.49. The Hall–Kier alpha value is -2.04. The topological polar surface area (TPSA) is 67.4 Å². The summed E-state index contributed by atoms with van der Waals surface area (Å²) in [6, 6.07) is 7.15. The predicted octanol–water partition coefficient (Wildman–Crippen LogP) is 2.08. The van der Waals surface area contributed by atoms with Crippen molar-refractivity contribution >= 4 is 18.0 Å². The first-order valence-corrected chi connectivity index (χ1v) is 6.87. The number of hydrogen-bond acceptors (Lipinski definition) is 3. The fraction of sp³-hybridized carbons (Fsp3) is 0.467. The van der Waals surface area contributed by atoms with Gasteiger partial charge in [0.25, 0.3) is 0 Å². The summed E-state index contributed by atoms with van der Waals surface area (Å²) in [5, 5.41) is 5.60. The lowest BCUT2D eigenvalue weighted by molar-refractivity contribution is -0.127. The second kappa shape index (κ2) is 6.41. The van der Waals surface area contributed by atoms with Gasteiger partial charge in [0.1, 0.15) is 11.3 Å². The molecule has 0 unspecified atom stereocenters. The molecule has 20 heavy (non-hydrogen) atoms. The summed E-state index contributed by atoms with van der Waals surface area (Å²) < 4.78 is 5.08. The van der Waals surface area contributed by atoms with Crippen LogP contribution in [0.2, 0.25) is 0 Å². The van der Waals surface area contributed by atoms with E-state index in [0.717, 1.165) is 25.0 Å². The summed E-state index contributed by atoms with van der Waals surface area (Å²) in [6.45, 7) is 0. The van der Waals surface area contributed by atoms with Crippen molar-refractivity contribution in [2.75, 3.05) is 12.4 Å². The van der Waals surface area contributed by atoms with E-state index in [0.29, 0.717) is 24.9 Å². The molecule has 0 atom stereocenters. The maximum Gasteiger partial charge on any atom is 0.250 e. The third-order valence-electron chi connectivity index (χ3n) is 3.82. The number of benzene rings is 1. The molecule has 0 aromatic heterocycles. The minimum Gasteiger partial charge on any atom is -0.497 e. The molecule has 0 aliphatic heterocycles. The van der Waals surface area contributed by atoms with Crippen molar-refractivity contribution in [3.8, 4) is 5.75 Å². The van der Waals surface area contributed by atoms with Crippen LogP contribution in [0, 0.1) is 0 Å². The zero-order valence-corrected chi connectivity index (χ0v) is 11.6. The van der Waals surface area contributed by atoms with Crippen molar-refractivity contribution in [3.63, 3.8) is 0 Å². The molecule has 108 valence electrons. The van der Waals surface area contributed by atoms with E-state index in [1.165, 1.54) is 0 Å². The van der Waals surface area contributed by atoms with Crippen LogP contribution < -0.4 is 15.4 Å². The van der Waals surface area contributed by atoms with Gasteiger partial charge in [-0.25, -0.2) is 0 Å². The number of ether oxygens (including phenoxy) is 1. The lowest BCUT2D eigenvalue weighted by Gasteiger charge is -2.35. The van der Waals surface area contributed by atoms with Crippen molar-refractivity contribution in [2.45, 2.75) is 37.6 Å². The number of carbonyl (C=O) groups is 2. The first kappa shape index (κ1) is 14.4. The molecular formula is C15H20N2O3. The third kappa shape index (κ3) is 3.10. The van der Waals surface area contributed by atoms with E-state index >= 15 is 0 Å². The Morgan fingerprint density at radius 2 is 1.85 bits per heavy atom. The van der Waals surface area contributed by atoms with E-state index in [1.807, 2.05) is 0 Å². The predicted molar refractivity (Wildman–Crippen MR) is 76.6 cm³/mol. The van der Waals surface area contributed by atoms with Crippen LogP contribution in [-0.4, -0.2) is 25.0 Å². The Bertz CT molecular complexity index is 465. The van der Waals surface area contributed by atoms with Gasteiger partial charge in [-0.05, 0) is 37.1 Å². The lowest BCUT2D eigenvalue weighted by atomic mass is 9.81. The number of methoxy groups -OCH3 is 1. The molecule has 5 heteroatoms. The molecule has 1 aliphatic rings. The SMILES string of the molecule is COc1ccc(NC(=O)C2(NC=O)CCCCC2)cc1. The number of rotatable bonds is 5. The Morgan fingerprint density at radius 3 is 2.40 bits per heavy atom. The van der Waals surface area contributed by atoms with Crippen molar-refractivity contribution in [2.24, 2.45) is 0 Å². The molecule has 2 rings (SSSR count). The van der Waals surface area contributed by atoms with E-state index in [4.69, 9.17) is 4.74 Å². The first-order valence-electron chi connectivity index (χ1n) is 6.87. The van der Waals surface area contributed by atoms with Crippen molar-refractivity contribution in [1.29, 1.82) is 0 Å². The largest absolute Gasteiger partial charge is 0.497 e. The van der Waals surface area contributed by atoms with E-state index in [2.05, 4.69) is 10.6 Å². The molecule has 1 aliphatic carbocycles. The van der Waals surface area contributed by atoms with E-state index in [1.54, 1.807) is 31.4 Å². The van der Waals surface area contributed by atoms with Crippen molar-refractivity contribution < 1.29 is 14.3 Å². The summed E-state index contributed by atoms with van der Waals surface area (Å²) >= 11 is 0. The third-order valence-corrected chi connectivity index (χ3v) is 3.82. The van der Waals surface area contributed by atoms with Gasteiger partial charge in [-0.3, -0.25) is 9.59 Å². The van der Waals surface area contributed by atoms with Gasteiger partial charge in [-0.2, -0.15) is 0 Å². The minimum absolute atomic E-state index is 0.144. The average molecular weight is 276 g/mol. The molecule has 2 N–H and O–H groups in total. The zero-order valence-electron chi connectivity index (χ0n) is 11.6. The zero-order chi connectivity index (χ0) is 14.4. The summed E-state index contributed by atoms with van der Waals surface area (Å²) in [5.41, 5.74) is -0.0617. The summed E-state index contributed by atoms with van der Waals surface area (Å²) in [7, 11) is 1.60. The van der Waals surface area contributed by atoms with Gasteiger partial charge in [0.15, 0.2) is 0 Å². The fourth-order valence-corrected chi connectivity index (χ4v) is 2.63. The van der Waals surface area contributed by atoms with Crippen molar-refractivity contribution in [1.82, 2.24) is 5.32 Å². The molecule has 1 saturated carbocycles. The Morgan fingerprint density at radius 1 is 1.20 bits per heavy atom. The van der Waals surface area contributed by atoms with Crippen LogP contribution in [0.25, 0.3) is 0 Å². The molecule has 1 fully saturated rings. The number of hydrogen-bond donors (Lipinski definition) is 2. The minimum atomic E-state index is -0.764. The van der Waals surface area contributed by atoms with E-state index in [-0.39, 0.29) is 5.91 Å². The maximum atomic E-state index is 12.5. The Kier molecular flexibility index (Phi) is 4.61. The lowest BCUT2D eigenvalue weighted by Crippen LogP contribution is -2.55. The van der Waals surface area contributed by atoms with Gasteiger partial charge in [0.05, 0.1) is 7.11 Å². The summed E-state index contributed by atoms with van der Waals surface area (Å²) in [4.78, 5) is 23.3. The van der Waals surface area contributed by atoms with Crippen LogP contribution in [-0.2, 0) is 9.59 Å². The fourth-order valence-electron chi connectivity index (χ4n) is 2.63. The van der Waals surface area contributed by atoms with Gasteiger partial charge in [0, 0.05) is 5.69 Å². The highest BCUT2D eigenvalue weighted by Gasteiger charge is 2.39. The summed E-state index contributed by atoms with van der Waals surface area (Å²) in [6.07, 6.45) is 5.02. The molecule has 0 radical (unpaired) electrons. The molecule has 2 amide bonds. The second-order valence-corrected chi connectivity index (χ2v) is 5.09. The molecule has 5 nitrogen and oxygen atoms in total. The monoisotopic (exact) mass is 276 g/mol. The highest BCUT2D eigenvalue weighted by atomic mass is 16.5. The quantitative estimate of drug-likeness (QED) is 0.809. The Labute approximate surface area is 118 Å². The normalized spacial score (nSPS) is 17.1. The van der Waals surface area contributed by atoms with E-state index in [9.17, 15) is 9.59 Å². The summed E-state index contributed by atoms with van der Waals surface area (Å²) in [5.74, 6) is 0.593. The second-order valence-electron chi connectivity index (χ2n) is 5.09. The van der Waals surface area contributed by atoms with Crippen LogP contribution in [0.4, 0.5) is 5.69 Å². The van der Waals surface area contributed by atoms with Crippen molar-refractivity contribution in [3.05, 3.63) is 24.3 Å². The maximum absolute atomic E-state index is 12.5. The standard InChI is InChI=1S/C15H20N2O3/c1-20-13-7-5-12(6-8-13)17-14(19)15(16-11-18)9-3-2-4-10-15/h5-8,11H,2-4,9-10H2,1H3,(H,16,18)(H,17,19). The first-order chi connectivity index (χ1) is 9.70. The van der Waals surface area contributed by atoms with E-state index < -0.39 is 5.54 Å². The van der Waals surface area contributed by atoms with Gasteiger partial charge >= 0.3 is 0 Å². The molecule has 0 bridgehead atoms.